The third-order valence-electron chi connectivity index (χ3n) is 3.42. The fourth-order valence-electron chi connectivity index (χ4n) is 2.52. The van der Waals surface area contributed by atoms with Crippen LogP contribution in [0.3, 0.4) is 0 Å². The molecule has 19 heavy (non-hydrogen) atoms. The van der Waals surface area contributed by atoms with E-state index in [-0.39, 0.29) is 5.91 Å². The van der Waals surface area contributed by atoms with E-state index in [0.29, 0.717) is 17.8 Å². The molecule has 0 heterocycles. The van der Waals surface area contributed by atoms with Crippen LogP contribution in [0.2, 0.25) is 0 Å². The van der Waals surface area contributed by atoms with Crippen molar-refractivity contribution in [2.75, 3.05) is 17.6 Å². The highest BCUT2D eigenvalue weighted by atomic mass is 32.2. The van der Waals surface area contributed by atoms with Crippen LogP contribution in [0.15, 0.2) is 30.3 Å². The molecule has 104 valence electrons. The van der Waals surface area contributed by atoms with E-state index in [2.05, 4.69) is 17.6 Å². The number of amides is 1. The van der Waals surface area contributed by atoms with Gasteiger partial charge in [-0.2, -0.15) is 11.8 Å². The summed E-state index contributed by atoms with van der Waals surface area (Å²) in [5.41, 5.74) is 0.861. The van der Waals surface area contributed by atoms with Gasteiger partial charge < -0.3 is 10.6 Å². The number of hydrogen-bond acceptors (Lipinski definition) is 3. The Bertz CT molecular complexity index is 396. The second-order valence-electron chi connectivity index (χ2n) is 4.83. The van der Waals surface area contributed by atoms with Crippen molar-refractivity contribution in [1.82, 2.24) is 5.32 Å². The normalized spacial score (nSPS) is 22.4. The Morgan fingerprint density at radius 1 is 1.32 bits per heavy atom. The maximum absolute atomic E-state index is 11.9. The number of para-hydroxylation sites is 1. The zero-order valence-electron chi connectivity index (χ0n) is 11.4. The van der Waals surface area contributed by atoms with Gasteiger partial charge in [-0.05, 0) is 30.7 Å². The zero-order valence-corrected chi connectivity index (χ0v) is 12.2. The highest BCUT2D eigenvalue weighted by Crippen LogP contribution is 2.29. The molecule has 0 saturated heterocycles. The van der Waals surface area contributed by atoms with Crippen molar-refractivity contribution in [2.24, 2.45) is 0 Å². The molecule has 2 N–H and O–H groups in total. The zero-order chi connectivity index (χ0) is 13.5. The second kappa shape index (κ2) is 7.56. The lowest BCUT2D eigenvalue weighted by Crippen LogP contribution is -2.39. The van der Waals surface area contributed by atoms with Crippen LogP contribution in [0.1, 0.15) is 26.2 Å². The van der Waals surface area contributed by atoms with E-state index >= 15 is 0 Å². The van der Waals surface area contributed by atoms with E-state index in [1.165, 1.54) is 19.3 Å². The van der Waals surface area contributed by atoms with Crippen LogP contribution in [0.25, 0.3) is 0 Å². The van der Waals surface area contributed by atoms with Gasteiger partial charge in [0.15, 0.2) is 0 Å². The molecule has 0 aromatic heterocycles. The molecule has 0 aliphatic heterocycles. The van der Waals surface area contributed by atoms with Crippen molar-refractivity contribution >= 4 is 23.4 Å². The van der Waals surface area contributed by atoms with Crippen LogP contribution in [-0.4, -0.2) is 29.5 Å². The lowest BCUT2D eigenvalue weighted by molar-refractivity contribution is -0.115. The third-order valence-corrected chi connectivity index (χ3v) is 4.74. The highest BCUT2D eigenvalue weighted by Gasteiger charge is 2.26. The van der Waals surface area contributed by atoms with Crippen LogP contribution in [0, 0.1) is 0 Å². The van der Waals surface area contributed by atoms with E-state index in [1.807, 2.05) is 42.1 Å². The first-order valence-corrected chi connectivity index (χ1v) is 8.04. The number of carbonyl (C=O) groups is 1. The van der Waals surface area contributed by atoms with Crippen molar-refractivity contribution in [2.45, 2.75) is 37.5 Å². The van der Waals surface area contributed by atoms with E-state index in [1.54, 1.807) is 0 Å². The predicted molar refractivity (Wildman–Crippen MR) is 82.6 cm³/mol. The smallest absolute Gasteiger partial charge is 0.238 e. The van der Waals surface area contributed by atoms with Crippen molar-refractivity contribution in [3.8, 4) is 0 Å². The monoisotopic (exact) mass is 278 g/mol. The van der Waals surface area contributed by atoms with E-state index in [4.69, 9.17) is 0 Å². The topological polar surface area (TPSA) is 41.1 Å². The molecule has 1 fully saturated rings. The highest BCUT2D eigenvalue weighted by molar-refractivity contribution is 7.99. The lowest BCUT2D eigenvalue weighted by Gasteiger charge is -2.19. The van der Waals surface area contributed by atoms with E-state index < -0.39 is 0 Å². The minimum Gasteiger partial charge on any atom is -0.325 e. The van der Waals surface area contributed by atoms with Crippen molar-refractivity contribution in [3.63, 3.8) is 0 Å². The number of nitrogens with one attached hydrogen (secondary N) is 2. The van der Waals surface area contributed by atoms with E-state index in [0.717, 1.165) is 11.4 Å². The number of rotatable bonds is 6. The van der Waals surface area contributed by atoms with Crippen molar-refractivity contribution < 1.29 is 4.79 Å². The predicted octanol–water partition coefficient (Wildman–Crippen LogP) is 2.89. The summed E-state index contributed by atoms with van der Waals surface area (Å²) in [7, 11) is 0. The third kappa shape index (κ3) is 4.55. The van der Waals surface area contributed by atoms with Gasteiger partial charge in [0.2, 0.25) is 5.91 Å². The van der Waals surface area contributed by atoms with Gasteiger partial charge in [-0.15, -0.1) is 0 Å². The number of hydrogen-bond donors (Lipinski definition) is 2. The fourth-order valence-corrected chi connectivity index (χ4v) is 3.75. The molecule has 1 aliphatic carbocycles. The summed E-state index contributed by atoms with van der Waals surface area (Å²) in [6.07, 6.45) is 3.74. The van der Waals surface area contributed by atoms with Gasteiger partial charge in [0.1, 0.15) is 0 Å². The van der Waals surface area contributed by atoms with Crippen molar-refractivity contribution in [3.05, 3.63) is 30.3 Å². The molecular formula is C15H22N2OS. The first-order chi connectivity index (χ1) is 9.29. The molecule has 1 aromatic rings. The summed E-state index contributed by atoms with van der Waals surface area (Å²) < 4.78 is 0. The average molecular weight is 278 g/mol. The SMILES string of the molecule is CCS[C@H]1CCC[C@H]1NCC(=O)Nc1ccccc1. The van der Waals surface area contributed by atoms with Gasteiger partial charge in [-0.25, -0.2) is 0 Å². The van der Waals surface area contributed by atoms with Crippen LogP contribution >= 0.6 is 11.8 Å². The second-order valence-corrected chi connectivity index (χ2v) is 6.34. The summed E-state index contributed by atoms with van der Waals surface area (Å²) in [4.78, 5) is 11.9. The first-order valence-electron chi connectivity index (χ1n) is 6.99. The molecule has 1 aromatic carbocycles. The molecule has 4 heteroatoms. The van der Waals surface area contributed by atoms with Gasteiger partial charge in [0, 0.05) is 17.0 Å². The van der Waals surface area contributed by atoms with Gasteiger partial charge in [-0.1, -0.05) is 31.5 Å². The van der Waals surface area contributed by atoms with Crippen LogP contribution in [0.4, 0.5) is 5.69 Å². The van der Waals surface area contributed by atoms with Crippen LogP contribution in [0.5, 0.6) is 0 Å². The van der Waals surface area contributed by atoms with Gasteiger partial charge in [0.05, 0.1) is 6.54 Å². The summed E-state index contributed by atoms with van der Waals surface area (Å²) in [6.45, 7) is 2.60. The fraction of sp³-hybridized carbons (Fsp3) is 0.533. The molecule has 1 aliphatic rings. The first kappa shape index (κ1) is 14.4. The maximum Gasteiger partial charge on any atom is 0.238 e. The number of anilines is 1. The van der Waals surface area contributed by atoms with Crippen molar-refractivity contribution in [1.29, 1.82) is 0 Å². The minimum atomic E-state index is 0.0401. The number of carbonyl (C=O) groups excluding carboxylic acids is 1. The molecule has 0 spiro atoms. The van der Waals surface area contributed by atoms with Crippen LogP contribution < -0.4 is 10.6 Å². The molecule has 2 rings (SSSR count). The van der Waals surface area contributed by atoms with Gasteiger partial charge in [-0.3, -0.25) is 4.79 Å². The molecule has 0 bridgehead atoms. The number of thioether (sulfide) groups is 1. The molecule has 3 nitrogen and oxygen atoms in total. The van der Waals surface area contributed by atoms with Gasteiger partial charge in [0.25, 0.3) is 0 Å². The van der Waals surface area contributed by atoms with E-state index in [9.17, 15) is 4.79 Å². The molecular weight excluding hydrogens is 256 g/mol. The molecule has 0 unspecified atom stereocenters. The Balaban J connectivity index is 1.74. The standard InChI is InChI=1S/C15H22N2OS/c1-2-19-14-10-6-9-13(14)16-11-15(18)17-12-7-4-3-5-8-12/h3-5,7-8,13-14,16H,2,6,9-11H2,1H3,(H,17,18)/t13-,14+/m1/s1. The largest absolute Gasteiger partial charge is 0.325 e. The number of benzene rings is 1. The molecule has 0 radical (unpaired) electrons. The molecule has 1 amide bonds. The Morgan fingerprint density at radius 3 is 2.84 bits per heavy atom. The Labute approximate surface area is 119 Å². The Kier molecular flexibility index (Phi) is 5.73. The summed E-state index contributed by atoms with van der Waals surface area (Å²) >= 11 is 2.01. The molecule has 1 saturated carbocycles. The molecule has 2 atom stereocenters. The minimum absolute atomic E-state index is 0.0401. The average Bonchev–Trinajstić information content (AvgIpc) is 2.85. The van der Waals surface area contributed by atoms with Gasteiger partial charge >= 0.3 is 0 Å². The quantitative estimate of drug-likeness (QED) is 0.840. The summed E-state index contributed by atoms with van der Waals surface area (Å²) in [6, 6.07) is 10.1. The maximum atomic E-state index is 11.9. The summed E-state index contributed by atoms with van der Waals surface area (Å²) in [5, 5.41) is 6.98. The van der Waals surface area contributed by atoms with Crippen LogP contribution in [-0.2, 0) is 4.79 Å². The lowest BCUT2D eigenvalue weighted by atomic mass is 10.2. The Hall–Kier alpha value is -1.00. The Morgan fingerprint density at radius 2 is 2.11 bits per heavy atom. The summed E-state index contributed by atoms with van der Waals surface area (Å²) in [5.74, 6) is 1.19.